The van der Waals surface area contributed by atoms with Crippen LogP contribution in [-0.4, -0.2) is 63.0 Å². The van der Waals surface area contributed by atoms with Crippen molar-refractivity contribution in [3.8, 4) is 5.75 Å². The van der Waals surface area contributed by atoms with Crippen LogP contribution in [-0.2, 0) is 4.74 Å². The number of aliphatic imine (C=N–C) groups is 1. The lowest BCUT2D eigenvalue weighted by molar-refractivity contribution is -0.173. The zero-order valence-corrected chi connectivity index (χ0v) is 15.0. The Morgan fingerprint density at radius 2 is 1.92 bits per heavy atom. The Balaban J connectivity index is 1.63. The van der Waals surface area contributed by atoms with Crippen LogP contribution in [0.3, 0.4) is 0 Å². The van der Waals surface area contributed by atoms with Crippen molar-refractivity contribution in [2.24, 2.45) is 4.99 Å². The molecule has 0 saturated carbocycles. The minimum Gasteiger partial charge on any atom is -0.490 e. The number of nitrogens with zero attached hydrogens (tertiary/aromatic N) is 2. The van der Waals surface area contributed by atoms with Crippen LogP contribution < -0.4 is 10.1 Å². The van der Waals surface area contributed by atoms with Gasteiger partial charge in [-0.3, -0.25) is 4.99 Å². The summed E-state index contributed by atoms with van der Waals surface area (Å²) in [6, 6.07) is 9.77. The molecule has 1 aromatic carbocycles. The van der Waals surface area contributed by atoms with Gasteiger partial charge >= 0.3 is 6.18 Å². The van der Waals surface area contributed by atoms with Crippen molar-refractivity contribution in [3.63, 3.8) is 0 Å². The first kappa shape index (κ1) is 20.4. The standard InChI is InChI=1S/C18H26F3N3O2/c1-22-17(23-10-5-13-25-14-18(19,20)21)24-11-8-16(9-12-24)26-15-6-3-2-4-7-15/h2-4,6-7,16H,5,8-14H2,1H3,(H,22,23). The number of nitrogens with one attached hydrogen (secondary N) is 1. The van der Waals surface area contributed by atoms with Gasteiger partial charge in [-0.25, -0.2) is 0 Å². The molecule has 1 fully saturated rings. The molecule has 0 aliphatic carbocycles. The summed E-state index contributed by atoms with van der Waals surface area (Å²) >= 11 is 0. The van der Waals surface area contributed by atoms with Crippen molar-refractivity contribution in [3.05, 3.63) is 30.3 Å². The number of hydrogen-bond acceptors (Lipinski definition) is 3. The molecule has 1 N–H and O–H groups in total. The summed E-state index contributed by atoms with van der Waals surface area (Å²) < 4.78 is 46.5. The molecule has 0 amide bonds. The minimum absolute atomic E-state index is 0.0660. The van der Waals surface area contributed by atoms with Crippen LogP contribution in [0.1, 0.15) is 19.3 Å². The molecule has 146 valence electrons. The SMILES string of the molecule is CN=C(NCCCOCC(F)(F)F)N1CCC(Oc2ccccc2)CC1. The van der Waals surface area contributed by atoms with E-state index in [1.807, 2.05) is 30.3 Å². The molecule has 0 spiro atoms. The molecule has 0 atom stereocenters. The fourth-order valence-electron chi connectivity index (χ4n) is 2.77. The van der Waals surface area contributed by atoms with E-state index in [1.54, 1.807) is 7.05 Å². The summed E-state index contributed by atoms with van der Waals surface area (Å²) in [5.74, 6) is 1.64. The molecule has 0 aromatic heterocycles. The molecular formula is C18H26F3N3O2. The number of hydrogen-bond donors (Lipinski definition) is 1. The smallest absolute Gasteiger partial charge is 0.411 e. The molecule has 5 nitrogen and oxygen atoms in total. The van der Waals surface area contributed by atoms with Crippen molar-refractivity contribution >= 4 is 5.96 Å². The molecule has 2 rings (SSSR count). The maximum Gasteiger partial charge on any atom is 0.411 e. The fraction of sp³-hybridized carbons (Fsp3) is 0.611. The van der Waals surface area contributed by atoms with Gasteiger partial charge in [0.1, 0.15) is 18.5 Å². The van der Waals surface area contributed by atoms with Gasteiger partial charge in [0.2, 0.25) is 0 Å². The van der Waals surface area contributed by atoms with Crippen LogP contribution in [0.2, 0.25) is 0 Å². The maximum atomic E-state index is 12.0. The zero-order valence-electron chi connectivity index (χ0n) is 15.0. The van der Waals surface area contributed by atoms with Gasteiger partial charge in [0.25, 0.3) is 0 Å². The van der Waals surface area contributed by atoms with Crippen molar-refractivity contribution in [1.82, 2.24) is 10.2 Å². The number of rotatable bonds is 7. The Bertz CT molecular complexity index is 544. The summed E-state index contributed by atoms with van der Waals surface area (Å²) in [5, 5.41) is 3.18. The van der Waals surface area contributed by atoms with Crippen LogP contribution in [0.15, 0.2) is 35.3 Å². The molecule has 1 aliphatic heterocycles. The molecule has 0 unspecified atom stereocenters. The molecular weight excluding hydrogens is 347 g/mol. The van der Waals surface area contributed by atoms with E-state index >= 15 is 0 Å². The highest BCUT2D eigenvalue weighted by Gasteiger charge is 2.27. The third-order valence-electron chi connectivity index (χ3n) is 4.01. The lowest BCUT2D eigenvalue weighted by Gasteiger charge is -2.34. The summed E-state index contributed by atoms with van der Waals surface area (Å²) in [6.45, 7) is 1.03. The van der Waals surface area contributed by atoms with E-state index in [0.29, 0.717) is 13.0 Å². The van der Waals surface area contributed by atoms with Crippen LogP contribution in [0, 0.1) is 0 Å². The van der Waals surface area contributed by atoms with Crippen molar-refractivity contribution in [2.45, 2.75) is 31.5 Å². The van der Waals surface area contributed by atoms with E-state index in [9.17, 15) is 13.2 Å². The van der Waals surface area contributed by atoms with Gasteiger partial charge in [0.05, 0.1) is 0 Å². The van der Waals surface area contributed by atoms with E-state index in [0.717, 1.165) is 37.6 Å². The quantitative estimate of drug-likeness (QED) is 0.453. The molecule has 0 radical (unpaired) electrons. The summed E-state index contributed by atoms with van der Waals surface area (Å²) in [4.78, 5) is 6.39. The fourth-order valence-corrected chi connectivity index (χ4v) is 2.77. The summed E-state index contributed by atoms with van der Waals surface area (Å²) in [5.41, 5.74) is 0. The Morgan fingerprint density at radius 1 is 1.23 bits per heavy atom. The normalized spacial score (nSPS) is 16.6. The van der Waals surface area contributed by atoms with Crippen LogP contribution >= 0.6 is 0 Å². The number of alkyl halides is 3. The third kappa shape index (κ3) is 7.51. The predicted molar refractivity (Wildman–Crippen MR) is 94.5 cm³/mol. The summed E-state index contributed by atoms with van der Waals surface area (Å²) in [6.07, 6.45) is -1.81. The first-order valence-electron chi connectivity index (χ1n) is 8.80. The van der Waals surface area contributed by atoms with E-state index in [-0.39, 0.29) is 12.7 Å². The number of likely N-dealkylation sites (tertiary alicyclic amines) is 1. The first-order valence-corrected chi connectivity index (χ1v) is 8.80. The summed E-state index contributed by atoms with van der Waals surface area (Å²) in [7, 11) is 1.70. The number of piperidine rings is 1. The number of guanidine groups is 1. The highest BCUT2D eigenvalue weighted by atomic mass is 19.4. The van der Waals surface area contributed by atoms with Crippen LogP contribution in [0.25, 0.3) is 0 Å². The second-order valence-corrected chi connectivity index (χ2v) is 6.11. The van der Waals surface area contributed by atoms with Crippen LogP contribution in [0.4, 0.5) is 13.2 Å². The lowest BCUT2D eigenvalue weighted by atomic mass is 10.1. The van der Waals surface area contributed by atoms with Crippen molar-refractivity contribution in [1.29, 1.82) is 0 Å². The maximum absolute atomic E-state index is 12.0. The van der Waals surface area contributed by atoms with E-state index in [1.165, 1.54) is 0 Å². The third-order valence-corrected chi connectivity index (χ3v) is 4.01. The minimum atomic E-state index is -4.27. The molecule has 1 saturated heterocycles. The Hall–Kier alpha value is -1.96. The first-order chi connectivity index (χ1) is 12.5. The average Bonchev–Trinajstić information content (AvgIpc) is 2.62. The monoisotopic (exact) mass is 373 g/mol. The second-order valence-electron chi connectivity index (χ2n) is 6.11. The number of para-hydroxylation sites is 1. The highest BCUT2D eigenvalue weighted by Crippen LogP contribution is 2.18. The van der Waals surface area contributed by atoms with Gasteiger partial charge in [0.15, 0.2) is 5.96 Å². The largest absolute Gasteiger partial charge is 0.490 e. The lowest BCUT2D eigenvalue weighted by Crippen LogP contribution is -2.47. The topological polar surface area (TPSA) is 46.1 Å². The zero-order chi connectivity index (χ0) is 18.8. The van der Waals surface area contributed by atoms with Gasteiger partial charge in [-0.15, -0.1) is 0 Å². The van der Waals surface area contributed by atoms with E-state index in [4.69, 9.17) is 4.74 Å². The number of halogens is 3. The predicted octanol–water partition coefficient (Wildman–Crippen LogP) is 3.07. The molecule has 0 bridgehead atoms. The number of ether oxygens (including phenoxy) is 2. The molecule has 26 heavy (non-hydrogen) atoms. The van der Waals surface area contributed by atoms with Gasteiger partial charge < -0.3 is 19.7 Å². The van der Waals surface area contributed by atoms with Gasteiger partial charge in [0, 0.05) is 46.1 Å². The average molecular weight is 373 g/mol. The molecule has 1 aliphatic rings. The van der Waals surface area contributed by atoms with Gasteiger partial charge in [-0.1, -0.05) is 18.2 Å². The highest BCUT2D eigenvalue weighted by molar-refractivity contribution is 5.79. The van der Waals surface area contributed by atoms with Crippen LogP contribution in [0.5, 0.6) is 5.75 Å². The Kier molecular flexibility index (Phi) is 8.03. The molecule has 1 heterocycles. The Morgan fingerprint density at radius 3 is 2.54 bits per heavy atom. The van der Waals surface area contributed by atoms with Crippen molar-refractivity contribution in [2.75, 3.05) is 39.9 Å². The molecule has 8 heteroatoms. The second kappa shape index (κ2) is 10.3. The number of benzene rings is 1. The van der Waals surface area contributed by atoms with E-state index in [2.05, 4.69) is 19.9 Å². The van der Waals surface area contributed by atoms with Crippen molar-refractivity contribution < 1.29 is 22.6 Å². The van der Waals surface area contributed by atoms with Gasteiger partial charge in [-0.05, 0) is 18.6 Å². The van der Waals surface area contributed by atoms with E-state index < -0.39 is 12.8 Å². The molecule has 1 aromatic rings. The van der Waals surface area contributed by atoms with Gasteiger partial charge in [-0.2, -0.15) is 13.2 Å². The Labute approximate surface area is 152 Å².